The maximum Gasteiger partial charge on any atom is 0.270 e. The third-order valence-corrected chi connectivity index (χ3v) is 3.50. The van der Waals surface area contributed by atoms with Crippen molar-refractivity contribution in [1.82, 2.24) is 10.3 Å². The van der Waals surface area contributed by atoms with Crippen LogP contribution in [-0.2, 0) is 4.74 Å². The Morgan fingerprint density at radius 3 is 3.10 bits per heavy atom. The molecular formula is C15H23N3O2. The van der Waals surface area contributed by atoms with Gasteiger partial charge in [-0.15, -0.1) is 0 Å². The molecule has 5 nitrogen and oxygen atoms in total. The summed E-state index contributed by atoms with van der Waals surface area (Å²) < 4.78 is 5.66. The van der Waals surface area contributed by atoms with Crippen LogP contribution < -0.4 is 10.6 Å². The van der Waals surface area contributed by atoms with Crippen LogP contribution in [0.2, 0.25) is 0 Å². The number of carbonyl (C=O) groups is 1. The van der Waals surface area contributed by atoms with Crippen molar-refractivity contribution < 1.29 is 9.53 Å². The van der Waals surface area contributed by atoms with Gasteiger partial charge in [-0.25, -0.2) is 0 Å². The van der Waals surface area contributed by atoms with Crippen LogP contribution in [-0.4, -0.2) is 36.2 Å². The molecule has 0 radical (unpaired) electrons. The van der Waals surface area contributed by atoms with Crippen molar-refractivity contribution in [2.75, 3.05) is 25.0 Å². The van der Waals surface area contributed by atoms with Gasteiger partial charge < -0.3 is 15.4 Å². The predicted octanol–water partition coefficient (Wildman–Crippen LogP) is 2.20. The molecule has 1 aromatic heterocycles. The van der Waals surface area contributed by atoms with E-state index in [0.717, 1.165) is 38.1 Å². The van der Waals surface area contributed by atoms with E-state index in [1.807, 2.05) is 13.0 Å². The van der Waals surface area contributed by atoms with E-state index in [1.54, 1.807) is 12.3 Å². The zero-order valence-corrected chi connectivity index (χ0v) is 12.2. The van der Waals surface area contributed by atoms with E-state index in [4.69, 9.17) is 4.74 Å². The Kier molecular flexibility index (Phi) is 4.95. The molecule has 1 aromatic rings. The maximum absolute atomic E-state index is 12.1. The fourth-order valence-corrected chi connectivity index (χ4v) is 2.27. The van der Waals surface area contributed by atoms with Crippen LogP contribution in [0, 0.1) is 0 Å². The van der Waals surface area contributed by atoms with E-state index in [9.17, 15) is 4.79 Å². The lowest BCUT2D eigenvalue weighted by molar-refractivity contribution is 0.0205. The number of pyridine rings is 1. The molecule has 0 bridgehead atoms. The largest absolute Gasteiger partial charge is 0.385 e. The zero-order valence-electron chi connectivity index (χ0n) is 12.2. The van der Waals surface area contributed by atoms with Gasteiger partial charge in [0.15, 0.2) is 0 Å². The first-order chi connectivity index (χ1) is 9.63. The molecule has 1 atom stereocenters. The summed E-state index contributed by atoms with van der Waals surface area (Å²) >= 11 is 0. The predicted molar refractivity (Wildman–Crippen MR) is 78.9 cm³/mol. The summed E-state index contributed by atoms with van der Waals surface area (Å²) in [5, 5.41) is 6.16. The molecule has 2 N–H and O–H groups in total. The standard InChI is InChI=1S/C15H23N3O2/c1-3-7-16-12-5-8-17-13(10-12)14(19)18-11-15(2)6-4-9-20-15/h5,8,10H,3-4,6-7,9,11H2,1-2H3,(H,16,17)(H,18,19). The third kappa shape index (κ3) is 3.93. The second-order valence-electron chi connectivity index (χ2n) is 5.44. The van der Waals surface area contributed by atoms with Crippen LogP contribution in [0.25, 0.3) is 0 Å². The average Bonchev–Trinajstić information content (AvgIpc) is 2.90. The summed E-state index contributed by atoms with van der Waals surface area (Å²) in [7, 11) is 0. The van der Waals surface area contributed by atoms with Crippen LogP contribution in [0.5, 0.6) is 0 Å². The smallest absolute Gasteiger partial charge is 0.270 e. The van der Waals surface area contributed by atoms with Crippen molar-refractivity contribution in [2.45, 2.75) is 38.7 Å². The van der Waals surface area contributed by atoms with Gasteiger partial charge in [-0.05, 0) is 38.3 Å². The summed E-state index contributed by atoms with van der Waals surface area (Å²) in [6, 6.07) is 3.65. The average molecular weight is 277 g/mol. The molecule has 1 aliphatic heterocycles. The maximum atomic E-state index is 12.1. The van der Waals surface area contributed by atoms with Crippen LogP contribution in [0.1, 0.15) is 43.6 Å². The minimum Gasteiger partial charge on any atom is -0.385 e. The molecule has 2 heterocycles. The number of rotatable bonds is 6. The van der Waals surface area contributed by atoms with Gasteiger partial charge in [0.25, 0.3) is 5.91 Å². The highest BCUT2D eigenvalue weighted by atomic mass is 16.5. The molecule has 0 aromatic carbocycles. The number of hydrogen-bond donors (Lipinski definition) is 2. The second-order valence-corrected chi connectivity index (χ2v) is 5.44. The van der Waals surface area contributed by atoms with E-state index in [-0.39, 0.29) is 11.5 Å². The van der Waals surface area contributed by atoms with E-state index >= 15 is 0 Å². The van der Waals surface area contributed by atoms with E-state index < -0.39 is 0 Å². The molecule has 110 valence electrons. The quantitative estimate of drug-likeness (QED) is 0.836. The van der Waals surface area contributed by atoms with E-state index in [1.165, 1.54) is 0 Å². The van der Waals surface area contributed by atoms with Gasteiger partial charge in [0.1, 0.15) is 5.69 Å². The van der Waals surface area contributed by atoms with Crippen molar-refractivity contribution in [3.8, 4) is 0 Å². The Morgan fingerprint density at radius 1 is 1.55 bits per heavy atom. The minimum atomic E-state index is -0.228. The van der Waals surface area contributed by atoms with Gasteiger partial charge in [-0.1, -0.05) is 6.92 Å². The summed E-state index contributed by atoms with van der Waals surface area (Å²) in [5.74, 6) is -0.151. The second kappa shape index (κ2) is 6.70. The number of amides is 1. The molecule has 1 fully saturated rings. The molecule has 1 aliphatic rings. The minimum absolute atomic E-state index is 0.151. The Hall–Kier alpha value is -1.62. The first-order valence-corrected chi connectivity index (χ1v) is 7.25. The Bertz CT molecular complexity index is 456. The molecule has 0 aliphatic carbocycles. The first kappa shape index (κ1) is 14.8. The summed E-state index contributed by atoms with van der Waals surface area (Å²) in [4.78, 5) is 16.2. The Balaban J connectivity index is 1.91. The van der Waals surface area contributed by atoms with Gasteiger partial charge in [-0.2, -0.15) is 0 Å². The molecule has 20 heavy (non-hydrogen) atoms. The molecule has 2 rings (SSSR count). The monoisotopic (exact) mass is 277 g/mol. The van der Waals surface area contributed by atoms with Crippen molar-refractivity contribution in [2.24, 2.45) is 0 Å². The SMILES string of the molecule is CCCNc1ccnc(C(=O)NCC2(C)CCCO2)c1. The van der Waals surface area contributed by atoms with Crippen molar-refractivity contribution in [3.63, 3.8) is 0 Å². The fraction of sp³-hybridized carbons (Fsp3) is 0.600. The molecular weight excluding hydrogens is 254 g/mol. The fourth-order valence-electron chi connectivity index (χ4n) is 2.27. The highest BCUT2D eigenvalue weighted by Gasteiger charge is 2.30. The van der Waals surface area contributed by atoms with E-state index in [0.29, 0.717) is 12.2 Å². The third-order valence-electron chi connectivity index (χ3n) is 3.50. The topological polar surface area (TPSA) is 63.2 Å². The van der Waals surface area contributed by atoms with Crippen molar-refractivity contribution in [1.29, 1.82) is 0 Å². The number of nitrogens with one attached hydrogen (secondary N) is 2. The lowest BCUT2D eigenvalue weighted by Gasteiger charge is -2.23. The summed E-state index contributed by atoms with van der Waals surface area (Å²) in [6.07, 6.45) is 4.74. The van der Waals surface area contributed by atoms with Crippen molar-refractivity contribution in [3.05, 3.63) is 24.0 Å². The molecule has 1 saturated heterocycles. The van der Waals surface area contributed by atoms with Crippen LogP contribution in [0.4, 0.5) is 5.69 Å². The normalized spacial score (nSPS) is 21.7. The van der Waals surface area contributed by atoms with Gasteiger partial charge in [0.2, 0.25) is 0 Å². The molecule has 1 unspecified atom stereocenters. The summed E-state index contributed by atoms with van der Waals surface area (Å²) in [6.45, 7) is 6.33. The number of carbonyl (C=O) groups excluding carboxylic acids is 1. The molecule has 5 heteroatoms. The zero-order chi connectivity index (χ0) is 14.4. The van der Waals surface area contributed by atoms with Crippen LogP contribution in [0.15, 0.2) is 18.3 Å². The first-order valence-electron chi connectivity index (χ1n) is 7.25. The van der Waals surface area contributed by atoms with Crippen LogP contribution >= 0.6 is 0 Å². The molecule has 0 saturated carbocycles. The molecule has 0 spiro atoms. The van der Waals surface area contributed by atoms with Gasteiger partial charge in [0.05, 0.1) is 5.60 Å². The highest BCUT2D eigenvalue weighted by molar-refractivity contribution is 5.93. The van der Waals surface area contributed by atoms with Gasteiger partial charge >= 0.3 is 0 Å². The number of nitrogens with zero attached hydrogens (tertiary/aromatic N) is 1. The van der Waals surface area contributed by atoms with E-state index in [2.05, 4.69) is 22.5 Å². The Morgan fingerprint density at radius 2 is 2.40 bits per heavy atom. The lowest BCUT2D eigenvalue weighted by Crippen LogP contribution is -2.40. The van der Waals surface area contributed by atoms with Gasteiger partial charge in [-0.3, -0.25) is 9.78 Å². The Labute approximate surface area is 120 Å². The number of aromatic nitrogens is 1. The number of hydrogen-bond acceptors (Lipinski definition) is 4. The lowest BCUT2D eigenvalue weighted by atomic mass is 10.0. The number of ether oxygens (including phenoxy) is 1. The number of anilines is 1. The molecule has 1 amide bonds. The van der Waals surface area contributed by atoms with Gasteiger partial charge in [0, 0.05) is 31.6 Å². The summed E-state index contributed by atoms with van der Waals surface area (Å²) in [5.41, 5.74) is 1.14. The highest BCUT2D eigenvalue weighted by Crippen LogP contribution is 2.23. The van der Waals surface area contributed by atoms with Crippen LogP contribution in [0.3, 0.4) is 0 Å². The van der Waals surface area contributed by atoms with Crippen molar-refractivity contribution >= 4 is 11.6 Å².